The maximum absolute atomic E-state index is 12.0. The topological polar surface area (TPSA) is 80.4 Å². The van der Waals surface area contributed by atoms with Gasteiger partial charge in [0.25, 0.3) is 0 Å². The van der Waals surface area contributed by atoms with Crippen molar-refractivity contribution in [3.05, 3.63) is 10.1 Å². The zero-order valence-electron chi connectivity index (χ0n) is 11.4. The Labute approximate surface area is 108 Å². The molecule has 0 amide bonds. The van der Waals surface area contributed by atoms with Gasteiger partial charge in [-0.3, -0.25) is 14.9 Å². The van der Waals surface area contributed by atoms with Crippen LogP contribution in [0.5, 0.6) is 0 Å². The highest BCUT2D eigenvalue weighted by atomic mass is 16.6. The van der Waals surface area contributed by atoms with E-state index in [1.807, 2.05) is 6.92 Å². The first-order valence-electron chi connectivity index (χ1n) is 6.74. The molecule has 3 atom stereocenters. The number of hydrogen-bond acceptors (Lipinski definition) is 4. The largest absolute Gasteiger partial charge is 0.389 e. The third-order valence-corrected chi connectivity index (χ3v) is 4.65. The summed E-state index contributed by atoms with van der Waals surface area (Å²) in [5.41, 5.74) is -2.08. The predicted molar refractivity (Wildman–Crippen MR) is 67.9 cm³/mol. The fraction of sp³-hybridized carbons (Fsp3) is 0.923. The molecule has 0 spiro atoms. The van der Waals surface area contributed by atoms with E-state index in [0.717, 1.165) is 0 Å². The van der Waals surface area contributed by atoms with Crippen LogP contribution in [-0.2, 0) is 4.79 Å². The second-order valence-corrected chi connectivity index (χ2v) is 5.37. The van der Waals surface area contributed by atoms with Crippen molar-refractivity contribution in [1.29, 1.82) is 0 Å². The lowest BCUT2D eigenvalue weighted by molar-refractivity contribution is -0.579. The van der Waals surface area contributed by atoms with Gasteiger partial charge in [-0.25, -0.2) is 0 Å². The summed E-state index contributed by atoms with van der Waals surface area (Å²) in [6.45, 7) is 5.36. The van der Waals surface area contributed by atoms with Crippen LogP contribution in [-0.4, -0.2) is 27.0 Å². The average molecular weight is 257 g/mol. The highest BCUT2D eigenvalue weighted by molar-refractivity contribution is 5.82. The van der Waals surface area contributed by atoms with Gasteiger partial charge in [0.05, 0.1) is 11.5 Å². The fourth-order valence-corrected chi connectivity index (χ4v) is 2.99. The number of Topliss-reactive ketones (excluding diaryl/α,β-unsaturated/α-hetero) is 1. The molecule has 0 aromatic rings. The van der Waals surface area contributed by atoms with E-state index >= 15 is 0 Å². The monoisotopic (exact) mass is 257 g/mol. The van der Waals surface area contributed by atoms with Crippen molar-refractivity contribution < 1.29 is 14.8 Å². The van der Waals surface area contributed by atoms with E-state index < -0.39 is 17.1 Å². The molecule has 0 unspecified atom stereocenters. The summed E-state index contributed by atoms with van der Waals surface area (Å²) < 4.78 is 0. The molecule has 5 nitrogen and oxygen atoms in total. The number of aliphatic hydroxyl groups is 1. The normalized spacial score (nSPS) is 36.3. The second-order valence-electron chi connectivity index (χ2n) is 5.37. The highest BCUT2D eigenvalue weighted by Gasteiger charge is 2.55. The van der Waals surface area contributed by atoms with Crippen LogP contribution in [0.15, 0.2) is 0 Å². The molecule has 1 N–H and O–H groups in total. The zero-order chi connectivity index (χ0) is 14.0. The molecule has 0 heterocycles. The van der Waals surface area contributed by atoms with Crippen molar-refractivity contribution >= 4 is 5.78 Å². The van der Waals surface area contributed by atoms with Crippen LogP contribution in [0, 0.1) is 16.0 Å². The van der Waals surface area contributed by atoms with Gasteiger partial charge in [0, 0.05) is 30.6 Å². The smallest absolute Gasteiger partial charge is 0.222 e. The van der Waals surface area contributed by atoms with Crippen molar-refractivity contribution in [2.24, 2.45) is 5.92 Å². The molecule has 1 aliphatic rings. The Morgan fingerprint density at radius 3 is 2.33 bits per heavy atom. The summed E-state index contributed by atoms with van der Waals surface area (Å²) in [5, 5.41) is 21.8. The maximum Gasteiger partial charge on any atom is 0.222 e. The number of carbonyl (C=O) groups excluding carboxylic acids is 1. The van der Waals surface area contributed by atoms with Crippen molar-refractivity contribution in [2.45, 2.75) is 70.4 Å². The van der Waals surface area contributed by atoms with Gasteiger partial charge >= 0.3 is 0 Å². The maximum atomic E-state index is 12.0. The molecular weight excluding hydrogens is 234 g/mol. The van der Waals surface area contributed by atoms with Gasteiger partial charge in [-0.1, -0.05) is 20.8 Å². The number of rotatable bonds is 5. The minimum Gasteiger partial charge on any atom is -0.389 e. The van der Waals surface area contributed by atoms with Crippen LogP contribution in [0.25, 0.3) is 0 Å². The van der Waals surface area contributed by atoms with Gasteiger partial charge in [0.1, 0.15) is 5.78 Å². The molecule has 1 saturated carbocycles. The standard InChI is InChI=1S/C13H23NO4/c1-4-11(15)10-9-12(5-2,14(17)18)7-8-13(10,16)6-3/h10,16H,4-9H2,1-3H3/t10-,12-,13-/m0/s1. The van der Waals surface area contributed by atoms with E-state index in [1.165, 1.54) is 0 Å². The average Bonchev–Trinajstić information content (AvgIpc) is 2.38. The second kappa shape index (κ2) is 5.34. The molecule has 18 heavy (non-hydrogen) atoms. The summed E-state index contributed by atoms with van der Waals surface area (Å²) in [7, 11) is 0. The Morgan fingerprint density at radius 1 is 1.33 bits per heavy atom. The zero-order valence-corrected chi connectivity index (χ0v) is 11.4. The molecular formula is C13H23NO4. The number of nitrogens with zero attached hydrogens (tertiary/aromatic N) is 1. The summed E-state index contributed by atoms with van der Waals surface area (Å²) in [5.74, 6) is -0.648. The van der Waals surface area contributed by atoms with Crippen LogP contribution >= 0.6 is 0 Å². The Morgan fingerprint density at radius 2 is 1.94 bits per heavy atom. The van der Waals surface area contributed by atoms with Crippen LogP contribution in [0.1, 0.15) is 59.3 Å². The highest BCUT2D eigenvalue weighted by Crippen LogP contribution is 2.44. The number of nitro groups is 1. The number of hydrogen-bond donors (Lipinski definition) is 1. The van der Waals surface area contributed by atoms with Gasteiger partial charge in [0.2, 0.25) is 5.54 Å². The molecule has 0 aromatic carbocycles. The summed E-state index contributed by atoms with van der Waals surface area (Å²) >= 11 is 0. The first-order valence-corrected chi connectivity index (χ1v) is 6.74. The molecule has 0 aromatic heterocycles. The van der Waals surface area contributed by atoms with Gasteiger partial charge in [0.15, 0.2) is 0 Å². The van der Waals surface area contributed by atoms with Gasteiger partial charge < -0.3 is 5.11 Å². The van der Waals surface area contributed by atoms with Crippen LogP contribution in [0.3, 0.4) is 0 Å². The molecule has 0 aliphatic heterocycles. The van der Waals surface area contributed by atoms with Crippen molar-refractivity contribution in [3.63, 3.8) is 0 Å². The lowest BCUT2D eigenvalue weighted by Crippen LogP contribution is -2.54. The van der Waals surface area contributed by atoms with Crippen LogP contribution in [0.4, 0.5) is 0 Å². The van der Waals surface area contributed by atoms with Gasteiger partial charge in [-0.2, -0.15) is 0 Å². The van der Waals surface area contributed by atoms with E-state index in [1.54, 1.807) is 13.8 Å². The lowest BCUT2D eigenvalue weighted by atomic mass is 9.64. The molecule has 1 aliphatic carbocycles. The third kappa shape index (κ3) is 2.41. The van der Waals surface area contributed by atoms with Gasteiger partial charge in [-0.05, 0) is 12.8 Å². The number of carbonyl (C=O) groups is 1. The molecule has 0 radical (unpaired) electrons. The Bertz CT molecular complexity index is 344. The number of ketones is 1. The van der Waals surface area contributed by atoms with E-state index in [0.29, 0.717) is 32.1 Å². The molecule has 104 valence electrons. The first kappa shape index (κ1) is 15.1. The molecule has 1 rings (SSSR count). The Kier molecular flexibility index (Phi) is 4.48. The SMILES string of the molecule is CCC(=O)[C@@H]1C[C@@](CC)([N+](=O)[O-])CC[C@@]1(O)CC. The summed E-state index contributed by atoms with van der Waals surface area (Å²) in [6.07, 6.45) is 2.08. The van der Waals surface area contributed by atoms with E-state index in [9.17, 15) is 20.0 Å². The van der Waals surface area contributed by atoms with Crippen molar-refractivity contribution in [1.82, 2.24) is 0 Å². The van der Waals surface area contributed by atoms with Crippen LogP contribution < -0.4 is 0 Å². The Hall–Kier alpha value is -0.970. The third-order valence-electron chi connectivity index (χ3n) is 4.65. The quantitative estimate of drug-likeness (QED) is 0.605. The van der Waals surface area contributed by atoms with Crippen molar-refractivity contribution in [3.8, 4) is 0 Å². The first-order chi connectivity index (χ1) is 8.35. The van der Waals surface area contributed by atoms with E-state index in [-0.39, 0.29) is 17.1 Å². The lowest BCUT2D eigenvalue weighted by Gasteiger charge is -2.43. The summed E-state index contributed by atoms with van der Waals surface area (Å²) in [4.78, 5) is 23.0. The Balaban J connectivity index is 3.06. The van der Waals surface area contributed by atoms with E-state index in [4.69, 9.17) is 0 Å². The molecule has 5 heteroatoms. The molecule has 0 bridgehead atoms. The van der Waals surface area contributed by atoms with Crippen molar-refractivity contribution in [2.75, 3.05) is 0 Å². The minimum atomic E-state index is -1.05. The predicted octanol–water partition coefficient (Wildman–Crippen LogP) is 2.33. The molecule has 1 fully saturated rings. The fourth-order valence-electron chi connectivity index (χ4n) is 2.99. The van der Waals surface area contributed by atoms with Gasteiger partial charge in [-0.15, -0.1) is 0 Å². The molecule has 0 saturated heterocycles. The summed E-state index contributed by atoms with van der Waals surface area (Å²) in [6, 6.07) is 0. The van der Waals surface area contributed by atoms with Crippen LogP contribution in [0.2, 0.25) is 0 Å². The van der Waals surface area contributed by atoms with E-state index in [2.05, 4.69) is 0 Å². The minimum absolute atomic E-state index is 0.0567.